The van der Waals surface area contributed by atoms with Crippen LogP contribution in [0.5, 0.6) is 0 Å². The summed E-state index contributed by atoms with van der Waals surface area (Å²) in [6, 6.07) is 7.39. The minimum atomic E-state index is -0.0907. The predicted octanol–water partition coefficient (Wildman–Crippen LogP) is 2.71. The van der Waals surface area contributed by atoms with Crippen LogP contribution in [-0.2, 0) is 4.74 Å². The van der Waals surface area contributed by atoms with Gasteiger partial charge in [0.25, 0.3) is 0 Å². The van der Waals surface area contributed by atoms with Crippen molar-refractivity contribution in [3.05, 3.63) is 54.4 Å². The highest BCUT2D eigenvalue weighted by atomic mass is 16.5. The van der Waals surface area contributed by atoms with Gasteiger partial charge in [-0.1, -0.05) is 6.08 Å². The highest BCUT2D eigenvalue weighted by molar-refractivity contribution is 5.75. The molecule has 0 aromatic heterocycles. The zero-order valence-corrected chi connectivity index (χ0v) is 9.04. The molecule has 1 atom stereocenters. The molecule has 0 aliphatic carbocycles. The molecule has 16 heavy (non-hydrogen) atoms. The van der Waals surface area contributed by atoms with Crippen LogP contribution in [0.2, 0.25) is 0 Å². The third kappa shape index (κ3) is 1.98. The van der Waals surface area contributed by atoms with Gasteiger partial charge in [0.05, 0.1) is 0 Å². The number of aldehydes is 1. The van der Waals surface area contributed by atoms with Crippen molar-refractivity contribution in [2.45, 2.75) is 13.2 Å². The molecule has 0 amide bonds. The molecule has 1 unspecified atom stereocenters. The molecule has 3 heteroatoms. The van der Waals surface area contributed by atoms with Gasteiger partial charge < -0.3 is 9.64 Å². The first-order valence-electron chi connectivity index (χ1n) is 5.13. The highest BCUT2D eigenvalue weighted by Gasteiger charge is 2.18. The number of anilines is 1. The lowest BCUT2D eigenvalue weighted by molar-refractivity contribution is 0.112. The molecule has 1 aromatic rings. The molecule has 0 N–H and O–H groups in total. The minimum Gasteiger partial charge on any atom is -0.473 e. The Bertz CT molecular complexity index is 420. The number of rotatable bonds is 3. The summed E-state index contributed by atoms with van der Waals surface area (Å²) in [6.07, 6.45) is 8.20. The summed E-state index contributed by atoms with van der Waals surface area (Å²) in [7, 11) is 0. The predicted molar refractivity (Wildman–Crippen MR) is 63.1 cm³/mol. The monoisotopic (exact) mass is 215 g/mol. The molecule has 0 fully saturated rings. The Hall–Kier alpha value is -2.03. The van der Waals surface area contributed by atoms with Crippen LogP contribution in [-0.4, -0.2) is 12.5 Å². The van der Waals surface area contributed by atoms with Gasteiger partial charge >= 0.3 is 0 Å². The third-order valence-electron chi connectivity index (χ3n) is 2.40. The topological polar surface area (TPSA) is 29.5 Å². The number of carbonyl (C=O) groups is 1. The Kier molecular flexibility index (Phi) is 3.05. The maximum Gasteiger partial charge on any atom is 0.194 e. The average Bonchev–Trinajstić information content (AvgIpc) is 2.78. The van der Waals surface area contributed by atoms with Gasteiger partial charge in [-0.3, -0.25) is 4.79 Å². The van der Waals surface area contributed by atoms with Gasteiger partial charge in [-0.25, -0.2) is 0 Å². The summed E-state index contributed by atoms with van der Waals surface area (Å²) in [6.45, 7) is 1.95. The molecule has 0 bridgehead atoms. The fourth-order valence-corrected chi connectivity index (χ4v) is 1.59. The smallest absolute Gasteiger partial charge is 0.194 e. The lowest BCUT2D eigenvalue weighted by atomic mass is 10.2. The minimum absolute atomic E-state index is 0.0907. The van der Waals surface area contributed by atoms with Gasteiger partial charge in [0.15, 0.2) is 6.23 Å². The van der Waals surface area contributed by atoms with Crippen LogP contribution in [0, 0.1) is 0 Å². The molecule has 3 nitrogen and oxygen atoms in total. The van der Waals surface area contributed by atoms with E-state index in [2.05, 4.69) is 0 Å². The van der Waals surface area contributed by atoms with Gasteiger partial charge in [-0.15, -0.1) is 0 Å². The Morgan fingerprint density at radius 1 is 1.31 bits per heavy atom. The summed E-state index contributed by atoms with van der Waals surface area (Å²) >= 11 is 0. The number of allylic oxidation sites excluding steroid dienone is 1. The maximum absolute atomic E-state index is 10.5. The Labute approximate surface area is 94.6 Å². The summed E-state index contributed by atoms with van der Waals surface area (Å²) in [5, 5.41) is 0. The first kappa shape index (κ1) is 10.5. The largest absolute Gasteiger partial charge is 0.473 e. The Morgan fingerprint density at radius 3 is 2.69 bits per heavy atom. The summed E-state index contributed by atoms with van der Waals surface area (Å²) in [5.74, 6) is 0. The van der Waals surface area contributed by atoms with E-state index in [1.165, 1.54) is 0 Å². The molecular weight excluding hydrogens is 202 g/mol. The van der Waals surface area contributed by atoms with Crippen LogP contribution < -0.4 is 4.90 Å². The summed E-state index contributed by atoms with van der Waals surface area (Å²) in [5.41, 5.74) is 1.68. The standard InChI is InChI=1S/C13H13NO2/c1-2-3-13-14(8-9-16-13)12-6-4-11(10-15)5-7-12/h2-10,13H,1H3. The molecule has 1 aliphatic heterocycles. The molecule has 0 radical (unpaired) electrons. The number of nitrogens with zero attached hydrogens (tertiary/aromatic N) is 1. The second-order valence-electron chi connectivity index (χ2n) is 3.45. The summed E-state index contributed by atoms with van der Waals surface area (Å²) < 4.78 is 5.41. The maximum atomic E-state index is 10.5. The second kappa shape index (κ2) is 4.66. The first-order chi connectivity index (χ1) is 7.85. The van der Waals surface area contributed by atoms with Crippen molar-refractivity contribution in [3.63, 3.8) is 0 Å². The van der Waals surface area contributed by atoms with Crippen molar-refractivity contribution < 1.29 is 9.53 Å². The SMILES string of the molecule is CC=CC1OC=CN1c1ccc(C=O)cc1. The van der Waals surface area contributed by atoms with E-state index in [4.69, 9.17) is 4.74 Å². The molecule has 82 valence electrons. The third-order valence-corrected chi connectivity index (χ3v) is 2.40. The van der Waals surface area contributed by atoms with E-state index < -0.39 is 0 Å². The highest BCUT2D eigenvalue weighted by Crippen LogP contribution is 2.23. The average molecular weight is 215 g/mol. The van der Waals surface area contributed by atoms with Gasteiger partial charge in [0.2, 0.25) is 0 Å². The molecular formula is C13H13NO2. The quantitative estimate of drug-likeness (QED) is 0.573. The van der Waals surface area contributed by atoms with Crippen LogP contribution in [0.1, 0.15) is 17.3 Å². The molecule has 1 aliphatic rings. The van der Waals surface area contributed by atoms with E-state index in [1.54, 1.807) is 18.4 Å². The van der Waals surface area contributed by atoms with Crippen molar-refractivity contribution in [3.8, 4) is 0 Å². The van der Waals surface area contributed by atoms with E-state index >= 15 is 0 Å². The van der Waals surface area contributed by atoms with Crippen molar-refractivity contribution in [2.75, 3.05) is 4.90 Å². The van der Waals surface area contributed by atoms with Gasteiger partial charge in [-0.2, -0.15) is 0 Å². The molecule has 0 spiro atoms. The molecule has 2 rings (SSSR count). The number of hydrogen-bond donors (Lipinski definition) is 0. The van der Waals surface area contributed by atoms with Gasteiger partial charge in [0.1, 0.15) is 12.5 Å². The lowest BCUT2D eigenvalue weighted by Gasteiger charge is -2.21. The normalized spacial score (nSPS) is 19.1. The molecule has 0 saturated carbocycles. The fourth-order valence-electron chi connectivity index (χ4n) is 1.59. The van der Waals surface area contributed by atoms with E-state index in [0.29, 0.717) is 5.56 Å². The van der Waals surface area contributed by atoms with Crippen LogP contribution in [0.15, 0.2) is 48.9 Å². The van der Waals surface area contributed by atoms with Crippen molar-refractivity contribution in [1.29, 1.82) is 0 Å². The van der Waals surface area contributed by atoms with E-state index in [-0.39, 0.29) is 6.23 Å². The van der Waals surface area contributed by atoms with Crippen molar-refractivity contribution in [1.82, 2.24) is 0 Å². The van der Waals surface area contributed by atoms with Crippen LogP contribution >= 0.6 is 0 Å². The zero-order valence-electron chi connectivity index (χ0n) is 9.04. The first-order valence-corrected chi connectivity index (χ1v) is 5.13. The van der Waals surface area contributed by atoms with Crippen LogP contribution in [0.25, 0.3) is 0 Å². The van der Waals surface area contributed by atoms with E-state index in [0.717, 1.165) is 12.0 Å². The zero-order chi connectivity index (χ0) is 11.4. The number of benzene rings is 1. The van der Waals surface area contributed by atoms with Gasteiger partial charge in [-0.05, 0) is 37.3 Å². The number of ether oxygens (including phenoxy) is 1. The van der Waals surface area contributed by atoms with Crippen LogP contribution in [0.4, 0.5) is 5.69 Å². The second-order valence-corrected chi connectivity index (χ2v) is 3.45. The van der Waals surface area contributed by atoms with Crippen molar-refractivity contribution >= 4 is 12.0 Å². The molecule has 1 aromatic carbocycles. The Morgan fingerprint density at radius 2 is 2.06 bits per heavy atom. The summed E-state index contributed by atoms with van der Waals surface area (Å²) in [4.78, 5) is 12.5. The molecule has 1 heterocycles. The van der Waals surface area contributed by atoms with Crippen molar-refractivity contribution in [2.24, 2.45) is 0 Å². The van der Waals surface area contributed by atoms with E-state index in [9.17, 15) is 4.79 Å². The number of hydrogen-bond acceptors (Lipinski definition) is 3. The molecule has 0 saturated heterocycles. The van der Waals surface area contributed by atoms with Gasteiger partial charge in [0, 0.05) is 17.5 Å². The van der Waals surface area contributed by atoms with Crippen LogP contribution in [0.3, 0.4) is 0 Å². The van der Waals surface area contributed by atoms with E-state index in [1.807, 2.05) is 42.3 Å². The Balaban J connectivity index is 2.22. The lowest BCUT2D eigenvalue weighted by Crippen LogP contribution is -2.25. The number of carbonyl (C=O) groups excluding carboxylic acids is 1. The fraction of sp³-hybridized carbons (Fsp3) is 0.154.